The zero-order valence-electron chi connectivity index (χ0n) is 19.1. The Labute approximate surface area is 188 Å². The summed E-state index contributed by atoms with van der Waals surface area (Å²) in [5.74, 6) is 0.703. The highest BCUT2D eigenvalue weighted by Crippen LogP contribution is 2.29. The van der Waals surface area contributed by atoms with Gasteiger partial charge in [-0.1, -0.05) is 106 Å². The second kappa shape index (κ2) is 15.3. The van der Waals surface area contributed by atoms with Crippen LogP contribution in [0.5, 0.6) is 5.75 Å². The number of hydrogen-bond donors (Lipinski definition) is 0. The molecule has 2 aromatic carbocycles. The van der Waals surface area contributed by atoms with Gasteiger partial charge in [0.05, 0.1) is 13.2 Å². The second-order valence-electron chi connectivity index (χ2n) is 8.16. The normalized spacial score (nSPS) is 10.6. The van der Waals surface area contributed by atoms with Crippen LogP contribution in [0, 0.1) is 0 Å². The van der Waals surface area contributed by atoms with Gasteiger partial charge in [-0.2, -0.15) is 0 Å². The number of carbonyl (C=O) groups excluding carboxylic acids is 1. The van der Waals surface area contributed by atoms with E-state index >= 15 is 0 Å². The summed E-state index contributed by atoms with van der Waals surface area (Å²) >= 11 is 0. The maximum atomic E-state index is 11.3. The average Bonchev–Trinajstić information content (AvgIpc) is 2.80. The molecule has 0 spiro atoms. The van der Waals surface area contributed by atoms with E-state index in [0.29, 0.717) is 12.2 Å². The molecule has 2 aromatic rings. The number of esters is 1. The highest BCUT2D eigenvalue weighted by molar-refractivity contribution is 5.86. The van der Waals surface area contributed by atoms with Gasteiger partial charge in [0.2, 0.25) is 0 Å². The van der Waals surface area contributed by atoms with Gasteiger partial charge in [-0.25, -0.2) is 4.79 Å². The Balaban J connectivity index is 1.44. The fourth-order valence-corrected chi connectivity index (χ4v) is 3.54. The molecule has 3 heteroatoms. The lowest BCUT2D eigenvalue weighted by molar-refractivity contribution is -0.139. The van der Waals surface area contributed by atoms with E-state index in [4.69, 9.17) is 9.47 Å². The summed E-state index contributed by atoms with van der Waals surface area (Å²) in [4.78, 5) is 11.3. The Morgan fingerprint density at radius 2 is 1.23 bits per heavy atom. The molecule has 0 unspecified atom stereocenters. The van der Waals surface area contributed by atoms with Crippen LogP contribution in [0.1, 0.15) is 71.1 Å². The monoisotopic (exact) mass is 422 g/mol. The second-order valence-corrected chi connectivity index (χ2v) is 8.16. The highest BCUT2D eigenvalue weighted by Gasteiger charge is 2.05. The van der Waals surface area contributed by atoms with Gasteiger partial charge in [-0.05, 0) is 31.4 Å². The molecular formula is C28H38O3. The summed E-state index contributed by atoms with van der Waals surface area (Å²) in [7, 11) is 0. The van der Waals surface area contributed by atoms with Crippen molar-refractivity contribution in [2.24, 2.45) is 0 Å². The minimum Gasteiger partial charge on any atom is -0.493 e. The Bertz CT molecular complexity index is 767. The fraction of sp³-hybridized carbons (Fsp3) is 0.464. The van der Waals surface area contributed by atoms with Crippen molar-refractivity contribution < 1.29 is 14.3 Å². The van der Waals surface area contributed by atoms with E-state index < -0.39 is 0 Å². The van der Waals surface area contributed by atoms with E-state index in [1.165, 1.54) is 50.5 Å². The van der Waals surface area contributed by atoms with Gasteiger partial charge >= 0.3 is 5.97 Å². The molecule has 0 atom stereocenters. The van der Waals surface area contributed by atoms with Crippen molar-refractivity contribution in [3.8, 4) is 16.9 Å². The number of hydrogen-bond acceptors (Lipinski definition) is 3. The third-order valence-electron chi connectivity index (χ3n) is 5.35. The molecular weight excluding hydrogens is 384 g/mol. The lowest BCUT2D eigenvalue weighted by atomic mass is 10.0. The van der Waals surface area contributed by atoms with Crippen LogP contribution in [0.25, 0.3) is 11.1 Å². The number of carbonyl (C=O) groups is 1. The van der Waals surface area contributed by atoms with Crippen LogP contribution in [-0.4, -0.2) is 19.2 Å². The first kappa shape index (κ1) is 24.7. The third kappa shape index (κ3) is 10.3. The van der Waals surface area contributed by atoms with Gasteiger partial charge < -0.3 is 9.47 Å². The van der Waals surface area contributed by atoms with E-state index in [9.17, 15) is 4.79 Å². The molecule has 0 aliphatic carbocycles. The Morgan fingerprint density at radius 1 is 0.710 bits per heavy atom. The van der Waals surface area contributed by atoms with Crippen LogP contribution in [0.4, 0.5) is 0 Å². The molecule has 0 fully saturated rings. The summed E-state index contributed by atoms with van der Waals surface area (Å²) < 4.78 is 11.2. The van der Waals surface area contributed by atoms with E-state index in [1.54, 1.807) is 6.92 Å². The summed E-state index contributed by atoms with van der Waals surface area (Å²) in [5.41, 5.74) is 2.84. The molecule has 168 valence electrons. The number of unbranched alkanes of at least 4 members (excludes halogenated alkanes) is 9. The van der Waals surface area contributed by atoms with Gasteiger partial charge in [0.1, 0.15) is 5.75 Å². The quantitative estimate of drug-likeness (QED) is 0.158. The molecule has 0 radical (unpaired) electrons. The third-order valence-corrected chi connectivity index (χ3v) is 5.35. The number of para-hydroxylation sites is 1. The Morgan fingerprint density at radius 3 is 1.84 bits per heavy atom. The molecule has 0 N–H and O–H groups in total. The van der Waals surface area contributed by atoms with Crippen molar-refractivity contribution in [1.82, 2.24) is 0 Å². The highest BCUT2D eigenvalue weighted by atomic mass is 16.5. The molecule has 0 aliphatic rings. The molecule has 0 amide bonds. The molecule has 0 aromatic heterocycles. The average molecular weight is 423 g/mol. The van der Waals surface area contributed by atoms with Crippen LogP contribution in [-0.2, 0) is 9.53 Å². The molecule has 0 heterocycles. The SMILES string of the molecule is C=C(C)C(=O)OCCCCCCCCCCCCOc1ccccc1-c1ccccc1. The summed E-state index contributed by atoms with van der Waals surface area (Å²) in [6.07, 6.45) is 12.1. The zero-order valence-corrected chi connectivity index (χ0v) is 19.1. The summed E-state index contributed by atoms with van der Waals surface area (Å²) in [6.45, 7) is 6.56. The predicted octanol–water partition coefficient (Wildman–Crippen LogP) is 7.75. The zero-order chi connectivity index (χ0) is 22.2. The molecule has 3 nitrogen and oxygen atoms in total. The fourth-order valence-electron chi connectivity index (χ4n) is 3.54. The minimum atomic E-state index is -0.272. The van der Waals surface area contributed by atoms with Crippen molar-refractivity contribution in [2.75, 3.05) is 13.2 Å². The van der Waals surface area contributed by atoms with Crippen LogP contribution in [0.15, 0.2) is 66.7 Å². The van der Waals surface area contributed by atoms with Gasteiger partial charge in [-0.3, -0.25) is 0 Å². The van der Waals surface area contributed by atoms with Gasteiger partial charge in [0, 0.05) is 11.1 Å². The van der Waals surface area contributed by atoms with E-state index in [1.807, 2.05) is 12.1 Å². The summed E-state index contributed by atoms with van der Waals surface area (Å²) in [6, 6.07) is 18.7. The number of benzene rings is 2. The van der Waals surface area contributed by atoms with Gasteiger partial charge in [-0.15, -0.1) is 0 Å². The Kier molecular flexibility index (Phi) is 12.2. The molecule has 2 rings (SSSR count). The molecule has 0 bridgehead atoms. The van der Waals surface area contributed by atoms with Gasteiger partial charge in [0.15, 0.2) is 0 Å². The van der Waals surface area contributed by atoms with E-state index in [0.717, 1.165) is 37.2 Å². The van der Waals surface area contributed by atoms with Crippen molar-refractivity contribution in [3.05, 3.63) is 66.7 Å². The van der Waals surface area contributed by atoms with Crippen LogP contribution in [0.3, 0.4) is 0 Å². The first-order chi connectivity index (χ1) is 15.2. The number of rotatable bonds is 16. The Hall–Kier alpha value is -2.55. The minimum absolute atomic E-state index is 0.272. The lowest BCUT2D eigenvalue weighted by Crippen LogP contribution is -2.05. The van der Waals surface area contributed by atoms with E-state index in [2.05, 4.69) is 49.0 Å². The molecule has 0 saturated carbocycles. The van der Waals surface area contributed by atoms with Crippen molar-refractivity contribution in [1.29, 1.82) is 0 Å². The van der Waals surface area contributed by atoms with Crippen LogP contribution >= 0.6 is 0 Å². The smallest absolute Gasteiger partial charge is 0.333 e. The predicted molar refractivity (Wildman–Crippen MR) is 129 cm³/mol. The first-order valence-corrected chi connectivity index (χ1v) is 11.8. The van der Waals surface area contributed by atoms with Gasteiger partial charge in [0.25, 0.3) is 0 Å². The molecule has 0 saturated heterocycles. The largest absolute Gasteiger partial charge is 0.493 e. The standard InChI is InChI=1S/C28H38O3/c1-24(2)28(29)31-23-17-10-8-6-4-3-5-7-9-16-22-30-27-21-15-14-20-26(27)25-18-12-11-13-19-25/h11-15,18-21H,1,3-10,16-17,22-23H2,2H3. The molecule has 0 aliphatic heterocycles. The topological polar surface area (TPSA) is 35.5 Å². The van der Waals surface area contributed by atoms with Crippen molar-refractivity contribution >= 4 is 5.97 Å². The van der Waals surface area contributed by atoms with Crippen LogP contribution < -0.4 is 4.74 Å². The first-order valence-electron chi connectivity index (χ1n) is 11.8. The van der Waals surface area contributed by atoms with Crippen molar-refractivity contribution in [2.45, 2.75) is 71.1 Å². The van der Waals surface area contributed by atoms with E-state index in [-0.39, 0.29) is 5.97 Å². The summed E-state index contributed by atoms with van der Waals surface area (Å²) in [5, 5.41) is 0. The maximum Gasteiger partial charge on any atom is 0.333 e. The lowest BCUT2D eigenvalue weighted by Gasteiger charge is -2.11. The molecule has 31 heavy (non-hydrogen) atoms. The number of ether oxygens (including phenoxy) is 2. The maximum absolute atomic E-state index is 11.3. The van der Waals surface area contributed by atoms with Crippen LogP contribution in [0.2, 0.25) is 0 Å². The van der Waals surface area contributed by atoms with Crippen molar-refractivity contribution in [3.63, 3.8) is 0 Å².